The van der Waals surface area contributed by atoms with Gasteiger partial charge in [0.2, 0.25) is 0 Å². The zero-order valence-electron chi connectivity index (χ0n) is 15.1. The summed E-state index contributed by atoms with van der Waals surface area (Å²) in [5.41, 5.74) is 9.18. The maximum Gasteiger partial charge on any atom is 0.409 e. The van der Waals surface area contributed by atoms with Crippen molar-refractivity contribution in [3.8, 4) is 11.4 Å². The molecule has 0 spiro atoms. The lowest BCUT2D eigenvalue weighted by atomic mass is 10.1. The van der Waals surface area contributed by atoms with Crippen LogP contribution in [0.4, 0.5) is 16.3 Å². The Bertz CT molecular complexity index is 1180. The Morgan fingerprint density at radius 3 is 2.74 bits per heavy atom. The van der Waals surface area contributed by atoms with E-state index in [1.165, 1.54) is 6.33 Å². The number of hydrogen-bond donors (Lipinski definition) is 4. The number of fused-ring (bicyclic) bond motifs is 2. The van der Waals surface area contributed by atoms with E-state index in [1.807, 2.05) is 37.6 Å². The number of nitrogens with one attached hydrogen (secondary N) is 2. The van der Waals surface area contributed by atoms with Gasteiger partial charge in [-0.2, -0.15) is 5.10 Å². The molecule has 0 fully saturated rings. The molecule has 138 valence electrons. The minimum atomic E-state index is -1.11. The highest BCUT2D eigenvalue weighted by Crippen LogP contribution is 2.34. The van der Waals surface area contributed by atoms with Gasteiger partial charge in [-0.15, -0.1) is 0 Å². The second-order valence-corrected chi connectivity index (χ2v) is 7.30. The van der Waals surface area contributed by atoms with Crippen molar-refractivity contribution in [2.24, 2.45) is 0 Å². The fraction of sp³-hybridized carbons (Fsp3) is 0.222. The molecule has 0 aliphatic heterocycles. The molecule has 3 heterocycles. The maximum absolute atomic E-state index is 10.9. The number of benzene rings is 1. The first-order chi connectivity index (χ1) is 12.7. The van der Waals surface area contributed by atoms with E-state index in [4.69, 9.17) is 15.9 Å². The zero-order chi connectivity index (χ0) is 19.3. The van der Waals surface area contributed by atoms with E-state index in [2.05, 4.69) is 20.3 Å². The van der Waals surface area contributed by atoms with Gasteiger partial charge in [0, 0.05) is 16.6 Å². The number of rotatable bonds is 2. The monoisotopic (exact) mass is 365 g/mol. The van der Waals surface area contributed by atoms with Crippen LogP contribution in [0.3, 0.4) is 0 Å². The van der Waals surface area contributed by atoms with Crippen LogP contribution in [0.5, 0.6) is 0 Å². The van der Waals surface area contributed by atoms with Crippen LogP contribution in [0, 0.1) is 0 Å². The molecule has 0 unspecified atom stereocenters. The highest BCUT2D eigenvalue weighted by Gasteiger charge is 2.24. The summed E-state index contributed by atoms with van der Waals surface area (Å²) in [5.74, 6) is 0.359. The van der Waals surface area contributed by atoms with E-state index in [-0.39, 0.29) is 5.54 Å². The molecule has 0 atom stereocenters. The first-order valence-electron chi connectivity index (χ1n) is 8.37. The SMILES string of the molecule is CC(C)(C)n1nc(-c2cc3ccc(NC(=O)O)cc3[nH]2)c2c(N)ncnc21. The van der Waals surface area contributed by atoms with Gasteiger partial charge in [-0.25, -0.2) is 19.4 Å². The summed E-state index contributed by atoms with van der Waals surface area (Å²) in [5, 5.41) is 17.6. The summed E-state index contributed by atoms with van der Waals surface area (Å²) in [6.07, 6.45) is 0.321. The van der Waals surface area contributed by atoms with E-state index in [0.29, 0.717) is 28.2 Å². The number of nitrogens with zero attached hydrogens (tertiary/aromatic N) is 4. The van der Waals surface area contributed by atoms with Gasteiger partial charge in [0.15, 0.2) is 5.65 Å². The molecule has 0 bridgehead atoms. The molecule has 27 heavy (non-hydrogen) atoms. The Morgan fingerprint density at radius 2 is 2.04 bits per heavy atom. The third kappa shape index (κ3) is 2.82. The summed E-state index contributed by atoms with van der Waals surface area (Å²) in [6.45, 7) is 6.11. The average Bonchev–Trinajstić information content (AvgIpc) is 3.15. The summed E-state index contributed by atoms with van der Waals surface area (Å²) in [7, 11) is 0. The van der Waals surface area contributed by atoms with Crippen molar-refractivity contribution in [3.05, 3.63) is 30.6 Å². The summed E-state index contributed by atoms with van der Waals surface area (Å²) in [6, 6.07) is 7.22. The van der Waals surface area contributed by atoms with Gasteiger partial charge in [0.1, 0.15) is 17.8 Å². The molecular formula is C18H19N7O2. The number of carboxylic acid groups (broad SMARTS) is 1. The molecule has 0 saturated heterocycles. The number of nitrogen functional groups attached to an aromatic ring is 1. The zero-order valence-corrected chi connectivity index (χ0v) is 15.1. The van der Waals surface area contributed by atoms with Gasteiger partial charge >= 0.3 is 6.09 Å². The highest BCUT2D eigenvalue weighted by atomic mass is 16.4. The van der Waals surface area contributed by atoms with Crippen molar-refractivity contribution in [1.29, 1.82) is 0 Å². The van der Waals surface area contributed by atoms with Crippen LogP contribution in [0.25, 0.3) is 33.3 Å². The van der Waals surface area contributed by atoms with Crippen molar-refractivity contribution in [3.63, 3.8) is 0 Å². The van der Waals surface area contributed by atoms with Gasteiger partial charge in [0.25, 0.3) is 0 Å². The van der Waals surface area contributed by atoms with Crippen molar-refractivity contribution < 1.29 is 9.90 Å². The molecule has 0 saturated carbocycles. The Hall–Kier alpha value is -3.62. The fourth-order valence-corrected chi connectivity index (χ4v) is 3.09. The highest BCUT2D eigenvalue weighted by molar-refractivity contribution is 6.00. The lowest BCUT2D eigenvalue weighted by molar-refractivity contribution is 0.210. The van der Waals surface area contributed by atoms with Crippen LogP contribution < -0.4 is 11.1 Å². The normalized spacial score (nSPS) is 12.0. The molecule has 1 aromatic carbocycles. The van der Waals surface area contributed by atoms with Gasteiger partial charge in [-0.3, -0.25) is 5.32 Å². The Labute approximate surface area is 154 Å². The largest absolute Gasteiger partial charge is 0.465 e. The lowest BCUT2D eigenvalue weighted by Crippen LogP contribution is -2.23. The molecular weight excluding hydrogens is 346 g/mol. The van der Waals surface area contributed by atoms with Crippen molar-refractivity contribution in [1.82, 2.24) is 24.7 Å². The number of hydrogen-bond acceptors (Lipinski definition) is 5. The first-order valence-corrected chi connectivity index (χ1v) is 8.37. The topological polar surface area (TPSA) is 135 Å². The smallest absolute Gasteiger partial charge is 0.409 e. The van der Waals surface area contributed by atoms with Gasteiger partial charge in [-0.05, 0) is 39.0 Å². The van der Waals surface area contributed by atoms with Crippen LogP contribution in [0.1, 0.15) is 20.8 Å². The predicted molar refractivity (Wildman–Crippen MR) is 104 cm³/mol. The molecule has 9 heteroatoms. The third-order valence-electron chi connectivity index (χ3n) is 4.26. The quantitative estimate of drug-likeness (QED) is 0.430. The van der Waals surface area contributed by atoms with E-state index < -0.39 is 6.09 Å². The molecule has 4 rings (SSSR count). The van der Waals surface area contributed by atoms with E-state index in [1.54, 1.807) is 12.1 Å². The molecule has 0 aliphatic rings. The first kappa shape index (κ1) is 16.8. The molecule has 3 aromatic heterocycles. The minimum absolute atomic E-state index is 0.290. The van der Waals surface area contributed by atoms with E-state index in [9.17, 15) is 4.79 Å². The van der Waals surface area contributed by atoms with Crippen LogP contribution in [-0.4, -0.2) is 35.9 Å². The fourth-order valence-electron chi connectivity index (χ4n) is 3.09. The van der Waals surface area contributed by atoms with Gasteiger partial charge in [-0.1, -0.05) is 6.07 Å². The lowest BCUT2D eigenvalue weighted by Gasteiger charge is -2.19. The van der Waals surface area contributed by atoms with E-state index >= 15 is 0 Å². The number of aromatic nitrogens is 5. The van der Waals surface area contributed by atoms with Crippen molar-refractivity contribution >= 4 is 39.5 Å². The second kappa shape index (κ2) is 5.70. The van der Waals surface area contributed by atoms with E-state index in [0.717, 1.165) is 16.6 Å². The predicted octanol–water partition coefficient (Wildman–Crippen LogP) is 3.40. The van der Waals surface area contributed by atoms with Crippen LogP contribution in [0.2, 0.25) is 0 Å². The molecule has 5 N–H and O–H groups in total. The Kier molecular flexibility index (Phi) is 3.55. The molecule has 9 nitrogen and oxygen atoms in total. The van der Waals surface area contributed by atoms with Crippen molar-refractivity contribution in [2.45, 2.75) is 26.3 Å². The number of nitrogens with two attached hydrogens (primary N) is 1. The minimum Gasteiger partial charge on any atom is -0.465 e. The second-order valence-electron chi connectivity index (χ2n) is 7.30. The van der Waals surface area contributed by atoms with Crippen LogP contribution >= 0.6 is 0 Å². The number of carbonyl (C=O) groups is 1. The Balaban J connectivity index is 1.93. The standard InChI is InChI=1S/C18H19N7O2/c1-18(2,3)25-16-13(15(19)20-8-21-16)14(24-25)12-6-9-4-5-10(22-17(26)27)7-11(9)23-12/h4-8,22-23H,1-3H3,(H,26,27)(H2,19,20,21). The number of amides is 1. The Morgan fingerprint density at radius 1 is 1.26 bits per heavy atom. The molecule has 4 aromatic rings. The third-order valence-corrected chi connectivity index (χ3v) is 4.26. The van der Waals surface area contributed by atoms with Gasteiger partial charge < -0.3 is 15.8 Å². The summed E-state index contributed by atoms with van der Waals surface area (Å²) in [4.78, 5) is 22.6. The number of anilines is 2. The summed E-state index contributed by atoms with van der Waals surface area (Å²) >= 11 is 0. The summed E-state index contributed by atoms with van der Waals surface area (Å²) < 4.78 is 1.83. The molecule has 0 radical (unpaired) electrons. The number of aromatic amines is 1. The van der Waals surface area contributed by atoms with Gasteiger partial charge in [0.05, 0.1) is 16.6 Å². The molecule has 0 aliphatic carbocycles. The maximum atomic E-state index is 10.9. The van der Waals surface area contributed by atoms with Crippen LogP contribution in [0.15, 0.2) is 30.6 Å². The van der Waals surface area contributed by atoms with Crippen LogP contribution in [-0.2, 0) is 5.54 Å². The average molecular weight is 365 g/mol. The number of H-pyrrole nitrogens is 1. The van der Waals surface area contributed by atoms with Crippen molar-refractivity contribution in [2.75, 3.05) is 11.1 Å². The molecule has 1 amide bonds.